The number of hydrogen-bond acceptors (Lipinski definition) is 3. The van der Waals surface area contributed by atoms with E-state index >= 15 is 0 Å². The first-order valence-electron chi connectivity index (χ1n) is 13.3. The number of amides is 1. The number of likely N-dealkylation sites (tertiary alicyclic amines) is 1. The fraction of sp³-hybridized carbons (Fsp3) is 0.607. The molecule has 2 aromatic rings. The number of carbonyl (C=O) groups excluding carboxylic acids is 1. The lowest BCUT2D eigenvalue weighted by Crippen LogP contribution is -2.41. The smallest absolute Gasteiger partial charge is 0.339 e. The molecule has 3 atom stereocenters. The van der Waals surface area contributed by atoms with E-state index in [9.17, 15) is 14.7 Å². The van der Waals surface area contributed by atoms with E-state index in [2.05, 4.69) is 35.1 Å². The summed E-state index contributed by atoms with van der Waals surface area (Å²) in [6.07, 6.45) is 13.5. The molecule has 1 aromatic carbocycles. The molecule has 2 saturated carbocycles. The molecule has 182 valence electrons. The van der Waals surface area contributed by atoms with E-state index < -0.39 is 5.97 Å². The summed E-state index contributed by atoms with van der Waals surface area (Å²) in [5, 5.41) is 14.1. The Labute approximate surface area is 202 Å². The molecule has 0 spiro atoms. The van der Waals surface area contributed by atoms with Crippen LogP contribution in [0, 0.1) is 5.92 Å². The molecule has 1 aliphatic heterocycles. The van der Waals surface area contributed by atoms with E-state index in [1.807, 2.05) is 10.7 Å². The Kier molecular flexibility index (Phi) is 6.75. The highest BCUT2D eigenvalue weighted by atomic mass is 16.4. The van der Waals surface area contributed by atoms with E-state index in [0.717, 1.165) is 75.7 Å². The average Bonchev–Trinajstić information content (AvgIpc) is 3.42. The van der Waals surface area contributed by atoms with Gasteiger partial charge in [-0.2, -0.15) is 5.10 Å². The van der Waals surface area contributed by atoms with Gasteiger partial charge >= 0.3 is 5.97 Å². The summed E-state index contributed by atoms with van der Waals surface area (Å²) in [5.41, 5.74) is 3.32. The van der Waals surface area contributed by atoms with Crippen molar-refractivity contribution in [2.45, 2.75) is 95.4 Å². The second kappa shape index (κ2) is 9.93. The molecule has 1 amide bonds. The molecule has 2 aliphatic carbocycles. The van der Waals surface area contributed by atoms with Gasteiger partial charge in [-0.15, -0.1) is 0 Å². The minimum Gasteiger partial charge on any atom is -0.478 e. The number of carboxylic acids is 1. The van der Waals surface area contributed by atoms with Gasteiger partial charge in [0.2, 0.25) is 5.91 Å². The molecule has 0 unspecified atom stereocenters. The minimum atomic E-state index is -0.905. The second-order valence-corrected chi connectivity index (χ2v) is 10.6. The number of aromatic carboxylic acids is 1. The summed E-state index contributed by atoms with van der Waals surface area (Å²) < 4.78 is 1.83. The Hall–Kier alpha value is -2.63. The second-order valence-electron chi connectivity index (χ2n) is 10.6. The number of aromatic nitrogens is 2. The zero-order valence-corrected chi connectivity index (χ0v) is 20.3. The number of rotatable bonds is 8. The molecule has 5 rings (SSSR count). The van der Waals surface area contributed by atoms with E-state index in [1.165, 1.54) is 24.6 Å². The van der Waals surface area contributed by atoms with Crippen LogP contribution in [0.5, 0.6) is 0 Å². The van der Waals surface area contributed by atoms with Gasteiger partial charge in [0, 0.05) is 24.4 Å². The van der Waals surface area contributed by atoms with Gasteiger partial charge in [0.15, 0.2) is 0 Å². The molecule has 2 heterocycles. The van der Waals surface area contributed by atoms with Crippen molar-refractivity contribution in [1.29, 1.82) is 0 Å². The predicted octanol–water partition coefficient (Wildman–Crippen LogP) is 5.90. The molecule has 3 fully saturated rings. The summed E-state index contributed by atoms with van der Waals surface area (Å²) >= 11 is 0. The quantitative estimate of drug-likeness (QED) is 0.529. The van der Waals surface area contributed by atoms with Crippen molar-refractivity contribution < 1.29 is 14.7 Å². The van der Waals surface area contributed by atoms with Crippen LogP contribution >= 0.6 is 0 Å². The Morgan fingerprint density at radius 3 is 2.71 bits per heavy atom. The maximum absolute atomic E-state index is 13.5. The largest absolute Gasteiger partial charge is 0.478 e. The third-order valence-corrected chi connectivity index (χ3v) is 8.16. The molecule has 6 heteroatoms. The zero-order valence-electron chi connectivity index (χ0n) is 20.3. The zero-order chi connectivity index (χ0) is 23.7. The van der Waals surface area contributed by atoms with Gasteiger partial charge < -0.3 is 10.0 Å². The Morgan fingerprint density at radius 2 is 1.94 bits per heavy atom. The molecular weight excluding hydrogens is 426 g/mol. The molecule has 1 saturated heterocycles. The van der Waals surface area contributed by atoms with Gasteiger partial charge in [-0.1, -0.05) is 38.3 Å². The number of hydrogen-bond donors (Lipinski definition) is 1. The van der Waals surface area contributed by atoms with Crippen LogP contribution in [-0.2, 0) is 4.79 Å². The van der Waals surface area contributed by atoms with Crippen LogP contribution in [0.15, 0.2) is 30.5 Å². The van der Waals surface area contributed by atoms with Crippen molar-refractivity contribution >= 4 is 11.9 Å². The van der Waals surface area contributed by atoms with Gasteiger partial charge in [-0.25, -0.2) is 9.48 Å². The van der Waals surface area contributed by atoms with Crippen LogP contribution < -0.4 is 0 Å². The van der Waals surface area contributed by atoms with Crippen LogP contribution in [0.1, 0.15) is 111 Å². The highest BCUT2D eigenvalue weighted by molar-refractivity contribution is 5.89. The SMILES string of the molecule is CCCC[C@H]1CCCN1C(=O)[C@@H]1CCC[C@H](c2cccc(-n3ncc(C(=O)O)c3C3CC3)c2)C1. The highest BCUT2D eigenvalue weighted by Crippen LogP contribution is 2.43. The Bertz CT molecular complexity index is 1040. The fourth-order valence-corrected chi connectivity index (χ4v) is 6.21. The van der Waals surface area contributed by atoms with Crippen molar-refractivity contribution in [2.75, 3.05) is 6.54 Å². The van der Waals surface area contributed by atoms with E-state index in [-0.39, 0.29) is 11.8 Å². The van der Waals surface area contributed by atoms with Gasteiger partial charge in [-0.3, -0.25) is 4.79 Å². The van der Waals surface area contributed by atoms with Crippen LogP contribution in [0.25, 0.3) is 5.69 Å². The maximum Gasteiger partial charge on any atom is 0.339 e. The van der Waals surface area contributed by atoms with Crippen LogP contribution in [0.3, 0.4) is 0 Å². The van der Waals surface area contributed by atoms with Crippen molar-refractivity contribution in [1.82, 2.24) is 14.7 Å². The van der Waals surface area contributed by atoms with E-state index in [4.69, 9.17) is 0 Å². The minimum absolute atomic E-state index is 0.120. The lowest BCUT2D eigenvalue weighted by atomic mass is 9.77. The third kappa shape index (κ3) is 4.64. The molecular formula is C28H37N3O3. The van der Waals surface area contributed by atoms with Gasteiger partial charge in [0.25, 0.3) is 0 Å². The molecule has 0 bridgehead atoms. The summed E-state index contributed by atoms with van der Waals surface area (Å²) in [4.78, 5) is 27.4. The Balaban J connectivity index is 1.33. The van der Waals surface area contributed by atoms with Crippen LogP contribution in [-0.4, -0.2) is 44.3 Å². The molecule has 34 heavy (non-hydrogen) atoms. The fourth-order valence-electron chi connectivity index (χ4n) is 6.21. The number of unbranched alkanes of at least 4 members (excludes halogenated alkanes) is 1. The van der Waals surface area contributed by atoms with Crippen molar-refractivity contribution in [3.8, 4) is 5.69 Å². The summed E-state index contributed by atoms with van der Waals surface area (Å²) in [5.74, 6) is 0.244. The number of benzene rings is 1. The van der Waals surface area contributed by atoms with E-state index in [1.54, 1.807) is 0 Å². The van der Waals surface area contributed by atoms with E-state index in [0.29, 0.717) is 23.4 Å². The first-order valence-corrected chi connectivity index (χ1v) is 13.3. The standard InChI is InChI=1S/C28H37N3O3/c1-2-3-10-23-12-6-15-30(23)27(32)22-9-4-7-20(16-22)21-8-5-11-24(17-21)31-26(19-13-14-19)25(18-29-31)28(33)34/h5,8,11,17-20,22-23H,2-4,6-7,9-10,12-16H2,1H3,(H,33,34)/t20-,22+,23-/m0/s1. The van der Waals surface area contributed by atoms with Crippen LogP contribution in [0.4, 0.5) is 0 Å². The molecule has 1 aromatic heterocycles. The third-order valence-electron chi connectivity index (χ3n) is 8.16. The van der Waals surface area contributed by atoms with Crippen LogP contribution in [0.2, 0.25) is 0 Å². The first kappa shape index (κ1) is 23.1. The Morgan fingerprint density at radius 1 is 1.09 bits per heavy atom. The molecule has 0 radical (unpaired) electrons. The molecule has 3 aliphatic rings. The summed E-state index contributed by atoms with van der Waals surface area (Å²) in [7, 11) is 0. The predicted molar refractivity (Wildman–Crippen MR) is 131 cm³/mol. The first-order chi connectivity index (χ1) is 16.6. The molecule has 6 nitrogen and oxygen atoms in total. The van der Waals surface area contributed by atoms with Crippen molar-refractivity contribution in [3.63, 3.8) is 0 Å². The monoisotopic (exact) mass is 463 g/mol. The van der Waals surface area contributed by atoms with Crippen molar-refractivity contribution in [3.05, 3.63) is 47.3 Å². The lowest BCUT2D eigenvalue weighted by molar-refractivity contribution is -0.137. The van der Waals surface area contributed by atoms with Gasteiger partial charge in [-0.05, 0) is 75.0 Å². The van der Waals surface area contributed by atoms with Gasteiger partial charge in [0.05, 0.1) is 17.6 Å². The number of nitrogens with zero attached hydrogens (tertiary/aromatic N) is 3. The summed E-state index contributed by atoms with van der Waals surface area (Å²) in [6.45, 7) is 3.15. The maximum atomic E-state index is 13.5. The average molecular weight is 464 g/mol. The lowest BCUT2D eigenvalue weighted by Gasteiger charge is -2.34. The number of carboxylic acid groups (broad SMARTS) is 1. The topological polar surface area (TPSA) is 75.4 Å². The highest BCUT2D eigenvalue weighted by Gasteiger charge is 2.36. The normalized spacial score (nSPS) is 25.0. The summed E-state index contributed by atoms with van der Waals surface area (Å²) in [6, 6.07) is 8.85. The molecule has 1 N–H and O–H groups in total. The van der Waals surface area contributed by atoms with Gasteiger partial charge in [0.1, 0.15) is 5.56 Å². The van der Waals surface area contributed by atoms with Crippen molar-refractivity contribution in [2.24, 2.45) is 5.92 Å². The number of carbonyl (C=O) groups is 2.